The number of rotatable bonds is 6. The predicted molar refractivity (Wildman–Crippen MR) is 106 cm³/mol. The van der Waals surface area contributed by atoms with Crippen molar-refractivity contribution in [3.8, 4) is 0 Å². The van der Waals surface area contributed by atoms with E-state index in [1.165, 1.54) is 24.3 Å². The Morgan fingerprint density at radius 1 is 1.14 bits per heavy atom. The molecule has 0 saturated carbocycles. The van der Waals surface area contributed by atoms with Gasteiger partial charge in [0.1, 0.15) is 0 Å². The van der Waals surface area contributed by atoms with Gasteiger partial charge < -0.3 is 5.32 Å². The van der Waals surface area contributed by atoms with Gasteiger partial charge in [0, 0.05) is 29.8 Å². The number of hydrogen-bond acceptors (Lipinski definition) is 5. The van der Waals surface area contributed by atoms with Crippen LogP contribution in [0.4, 0.5) is 5.69 Å². The summed E-state index contributed by atoms with van der Waals surface area (Å²) in [6.07, 6.45) is 0. The molecule has 2 aromatic carbocycles. The number of nitro groups is 1. The number of benzene rings is 2. The molecule has 0 unspecified atom stereocenters. The van der Waals surface area contributed by atoms with Gasteiger partial charge in [0.2, 0.25) is 10.0 Å². The lowest BCUT2D eigenvalue weighted by Crippen LogP contribution is -2.41. The van der Waals surface area contributed by atoms with Crippen LogP contribution in [0, 0.1) is 17.0 Å². The molecule has 150 valence electrons. The zero-order valence-electron chi connectivity index (χ0n) is 16.1. The number of carbonyl (C=O) groups is 1. The van der Waals surface area contributed by atoms with Gasteiger partial charge in [-0.2, -0.15) is 0 Å². The van der Waals surface area contributed by atoms with E-state index in [2.05, 4.69) is 10.0 Å². The topological polar surface area (TPSA) is 118 Å². The number of nitrogens with zero attached hydrogens (tertiary/aromatic N) is 1. The highest BCUT2D eigenvalue weighted by molar-refractivity contribution is 7.89. The van der Waals surface area contributed by atoms with E-state index >= 15 is 0 Å². The van der Waals surface area contributed by atoms with Crippen LogP contribution in [0.1, 0.15) is 42.3 Å². The van der Waals surface area contributed by atoms with E-state index < -0.39 is 26.4 Å². The van der Waals surface area contributed by atoms with Crippen LogP contribution in [0.25, 0.3) is 0 Å². The van der Waals surface area contributed by atoms with Crippen molar-refractivity contribution >= 4 is 21.6 Å². The van der Waals surface area contributed by atoms with E-state index in [-0.39, 0.29) is 17.1 Å². The fourth-order valence-electron chi connectivity index (χ4n) is 2.66. The number of non-ortho nitro benzene ring substituents is 1. The minimum atomic E-state index is -3.76. The molecule has 0 aliphatic carbocycles. The summed E-state index contributed by atoms with van der Waals surface area (Å²) >= 11 is 0. The monoisotopic (exact) mass is 405 g/mol. The van der Waals surface area contributed by atoms with E-state index in [0.29, 0.717) is 16.7 Å². The van der Waals surface area contributed by atoms with Crippen molar-refractivity contribution in [2.75, 3.05) is 0 Å². The van der Waals surface area contributed by atoms with Crippen molar-refractivity contribution in [2.24, 2.45) is 0 Å². The summed E-state index contributed by atoms with van der Waals surface area (Å²) in [5.41, 5.74) is 0.442. The largest absolute Gasteiger partial charge is 0.348 e. The maximum Gasteiger partial charge on any atom is 0.269 e. The fraction of sp³-hybridized carbons (Fsp3) is 0.316. The van der Waals surface area contributed by atoms with E-state index in [1.54, 1.807) is 45.9 Å². The Labute approximate surface area is 164 Å². The van der Waals surface area contributed by atoms with Gasteiger partial charge >= 0.3 is 0 Å². The minimum absolute atomic E-state index is 0.00349. The highest BCUT2D eigenvalue weighted by Crippen LogP contribution is 2.19. The number of carbonyl (C=O) groups excluding carboxylic acids is 1. The smallest absolute Gasteiger partial charge is 0.269 e. The number of sulfonamides is 1. The Balaban J connectivity index is 2.22. The first-order valence-electron chi connectivity index (χ1n) is 8.56. The Morgan fingerprint density at radius 3 is 2.36 bits per heavy atom. The highest BCUT2D eigenvalue weighted by atomic mass is 32.2. The highest BCUT2D eigenvalue weighted by Gasteiger charge is 2.24. The van der Waals surface area contributed by atoms with E-state index in [4.69, 9.17) is 0 Å². The van der Waals surface area contributed by atoms with Crippen LogP contribution in [-0.4, -0.2) is 24.8 Å². The molecule has 0 fully saturated rings. The summed E-state index contributed by atoms with van der Waals surface area (Å²) in [5, 5.41) is 13.5. The third-order valence-corrected chi connectivity index (χ3v) is 5.67. The van der Waals surface area contributed by atoms with Crippen LogP contribution in [0.15, 0.2) is 47.4 Å². The standard InChI is InChI=1S/C19H23N3O5S/c1-13-11-15(22(24)25)9-10-16(13)18(23)20-12-14-7-5-6-8-17(14)28(26,27)21-19(2,3)4/h5-11,21H,12H2,1-4H3,(H,20,23). The summed E-state index contributed by atoms with van der Waals surface area (Å²) in [5.74, 6) is -0.441. The first kappa shape index (κ1) is 21.5. The van der Waals surface area contributed by atoms with Crippen molar-refractivity contribution in [1.29, 1.82) is 0 Å². The van der Waals surface area contributed by atoms with Crippen molar-refractivity contribution in [3.05, 3.63) is 69.3 Å². The molecule has 8 nitrogen and oxygen atoms in total. The first-order valence-corrected chi connectivity index (χ1v) is 10.0. The molecule has 0 bridgehead atoms. The molecule has 0 spiro atoms. The molecular formula is C19H23N3O5S. The van der Waals surface area contributed by atoms with Gasteiger partial charge in [-0.1, -0.05) is 18.2 Å². The predicted octanol–water partition coefficient (Wildman–Crippen LogP) is 2.91. The summed E-state index contributed by atoms with van der Waals surface area (Å²) in [6, 6.07) is 10.4. The summed E-state index contributed by atoms with van der Waals surface area (Å²) in [4.78, 5) is 22.8. The molecule has 2 N–H and O–H groups in total. The second-order valence-electron chi connectivity index (χ2n) is 7.40. The number of nitrogens with one attached hydrogen (secondary N) is 2. The third kappa shape index (κ3) is 5.37. The SMILES string of the molecule is Cc1cc([N+](=O)[O-])ccc1C(=O)NCc1ccccc1S(=O)(=O)NC(C)(C)C. The summed E-state index contributed by atoms with van der Waals surface area (Å²) in [7, 11) is -3.76. The molecule has 0 aliphatic heterocycles. The van der Waals surface area contributed by atoms with Crippen LogP contribution in [0.2, 0.25) is 0 Å². The lowest BCUT2D eigenvalue weighted by molar-refractivity contribution is -0.384. The number of hydrogen-bond donors (Lipinski definition) is 2. The first-order chi connectivity index (χ1) is 12.9. The number of amides is 1. The Morgan fingerprint density at radius 2 is 1.79 bits per heavy atom. The van der Waals surface area contributed by atoms with Crippen LogP contribution >= 0.6 is 0 Å². The number of aryl methyl sites for hydroxylation is 1. The molecule has 0 radical (unpaired) electrons. The molecule has 0 heterocycles. The average Bonchev–Trinajstić information content (AvgIpc) is 2.57. The maximum atomic E-state index is 12.7. The fourth-order valence-corrected chi connectivity index (χ4v) is 4.32. The molecule has 0 saturated heterocycles. The van der Waals surface area contributed by atoms with Crippen LogP contribution in [0.5, 0.6) is 0 Å². The van der Waals surface area contributed by atoms with E-state index in [1.807, 2.05) is 0 Å². The van der Waals surface area contributed by atoms with Crippen molar-refractivity contribution < 1.29 is 18.1 Å². The van der Waals surface area contributed by atoms with Gasteiger partial charge in [0.25, 0.3) is 11.6 Å². The third-order valence-electron chi connectivity index (χ3n) is 3.81. The van der Waals surface area contributed by atoms with E-state index in [0.717, 1.165) is 0 Å². The van der Waals surface area contributed by atoms with Crippen LogP contribution in [-0.2, 0) is 16.6 Å². The maximum absolute atomic E-state index is 12.7. The Kier molecular flexibility index (Phi) is 6.20. The molecule has 9 heteroatoms. The normalized spacial score (nSPS) is 11.9. The van der Waals surface area contributed by atoms with Crippen molar-refractivity contribution in [2.45, 2.75) is 44.7 Å². The molecule has 2 rings (SSSR count). The van der Waals surface area contributed by atoms with Gasteiger partial charge in [0.05, 0.1) is 9.82 Å². The van der Waals surface area contributed by atoms with Gasteiger partial charge in [-0.3, -0.25) is 14.9 Å². The van der Waals surface area contributed by atoms with E-state index in [9.17, 15) is 23.3 Å². The van der Waals surface area contributed by atoms with Crippen molar-refractivity contribution in [1.82, 2.24) is 10.0 Å². The quantitative estimate of drug-likeness (QED) is 0.566. The molecule has 0 atom stereocenters. The Hall–Kier alpha value is -2.78. The Bertz CT molecular complexity index is 1010. The summed E-state index contributed by atoms with van der Waals surface area (Å²) in [6.45, 7) is 6.83. The second kappa shape index (κ2) is 8.07. The lowest BCUT2D eigenvalue weighted by Gasteiger charge is -2.21. The second-order valence-corrected chi connectivity index (χ2v) is 9.05. The van der Waals surface area contributed by atoms with Gasteiger partial charge in [-0.05, 0) is 51.0 Å². The summed E-state index contributed by atoms with van der Waals surface area (Å²) < 4.78 is 27.9. The minimum Gasteiger partial charge on any atom is -0.348 e. The van der Waals surface area contributed by atoms with Crippen LogP contribution in [0.3, 0.4) is 0 Å². The zero-order chi connectivity index (χ0) is 21.1. The molecule has 0 aromatic heterocycles. The zero-order valence-corrected chi connectivity index (χ0v) is 17.0. The lowest BCUT2D eigenvalue weighted by atomic mass is 10.1. The molecule has 1 amide bonds. The number of nitro benzene ring substituents is 1. The van der Waals surface area contributed by atoms with Crippen molar-refractivity contribution in [3.63, 3.8) is 0 Å². The van der Waals surface area contributed by atoms with Crippen LogP contribution < -0.4 is 10.0 Å². The van der Waals surface area contributed by atoms with Gasteiger partial charge in [0.15, 0.2) is 0 Å². The van der Waals surface area contributed by atoms with Gasteiger partial charge in [-0.25, -0.2) is 13.1 Å². The average molecular weight is 405 g/mol. The molecule has 2 aromatic rings. The van der Waals surface area contributed by atoms with Gasteiger partial charge in [-0.15, -0.1) is 0 Å². The molecular weight excluding hydrogens is 382 g/mol. The molecule has 0 aliphatic rings. The molecule has 28 heavy (non-hydrogen) atoms.